The number of aromatic nitrogens is 2. The van der Waals surface area contributed by atoms with Gasteiger partial charge in [-0.25, -0.2) is 4.79 Å². The number of hydrogen-bond donors (Lipinski definition) is 3. The summed E-state index contributed by atoms with van der Waals surface area (Å²) in [5.74, 6) is -1.68. The van der Waals surface area contributed by atoms with Crippen LogP contribution in [0.1, 0.15) is 103 Å². The van der Waals surface area contributed by atoms with Gasteiger partial charge in [-0.1, -0.05) is 70.4 Å². The maximum Gasteiger partial charge on any atom is 0.330 e. The number of aliphatic hydroxyl groups excluding tert-OH is 2. The van der Waals surface area contributed by atoms with E-state index in [4.69, 9.17) is 9.47 Å². The second kappa shape index (κ2) is 17.3. The number of allylic oxidation sites excluding steroid dienone is 2. The zero-order valence-electron chi connectivity index (χ0n) is 21.9. The first-order chi connectivity index (χ1) is 17.8. The van der Waals surface area contributed by atoms with Gasteiger partial charge in [-0.3, -0.25) is 19.1 Å². The number of rotatable bonds is 18. The van der Waals surface area contributed by atoms with Gasteiger partial charge in [0.05, 0.1) is 6.20 Å². The molecule has 0 spiro atoms. The fourth-order valence-electron chi connectivity index (χ4n) is 4.33. The Balaban J connectivity index is 1.53. The Labute approximate surface area is 217 Å². The van der Waals surface area contributed by atoms with Crippen molar-refractivity contribution in [1.82, 2.24) is 9.55 Å². The van der Waals surface area contributed by atoms with E-state index in [2.05, 4.69) is 19.1 Å². The normalized spacial score (nSPS) is 21.6. The van der Waals surface area contributed by atoms with E-state index in [1.165, 1.54) is 44.9 Å². The van der Waals surface area contributed by atoms with E-state index < -0.39 is 47.6 Å². The second-order valence-corrected chi connectivity index (χ2v) is 9.71. The van der Waals surface area contributed by atoms with Gasteiger partial charge in [0.25, 0.3) is 5.56 Å². The van der Waals surface area contributed by atoms with E-state index in [9.17, 15) is 29.0 Å². The van der Waals surface area contributed by atoms with Crippen LogP contribution < -0.4 is 11.2 Å². The van der Waals surface area contributed by atoms with E-state index in [1.54, 1.807) is 4.98 Å². The van der Waals surface area contributed by atoms with Crippen LogP contribution in [0.4, 0.5) is 4.39 Å². The quantitative estimate of drug-likeness (QED) is 0.150. The smallest absolute Gasteiger partial charge is 0.330 e. The van der Waals surface area contributed by atoms with E-state index in [-0.39, 0.29) is 13.0 Å². The summed E-state index contributed by atoms with van der Waals surface area (Å²) >= 11 is 0. The van der Waals surface area contributed by atoms with Crippen molar-refractivity contribution >= 4 is 5.97 Å². The van der Waals surface area contributed by atoms with Crippen molar-refractivity contribution in [2.24, 2.45) is 0 Å². The minimum absolute atomic E-state index is 0.234. The average molecular weight is 527 g/mol. The summed E-state index contributed by atoms with van der Waals surface area (Å²) in [5, 5.41) is 20.4. The van der Waals surface area contributed by atoms with E-state index >= 15 is 0 Å². The van der Waals surface area contributed by atoms with Crippen LogP contribution in [0.15, 0.2) is 27.9 Å². The Morgan fingerprint density at radius 1 is 1.00 bits per heavy atom. The zero-order valence-corrected chi connectivity index (χ0v) is 21.9. The summed E-state index contributed by atoms with van der Waals surface area (Å²) in [6, 6.07) is 0. The van der Waals surface area contributed by atoms with Crippen LogP contribution in [0, 0.1) is 5.82 Å². The molecule has 1 aromatic heterocycles. The van der Waals surface area contributed by atoms with Crippen molar-refractivity contribution in [2.45, 2.75) is 121 Å². The Morgan fingerprint density at radius 3 is 2.24 bits per heavy atom. The van der Waals surface area contributed by atoms with E-state index in [0.29, 0.717) is 17.2 Å². The molecule has 37 heavy (non-hydrogen) atoms. The van der Waals surface area contributed by atoms with Gasteiger partial charge < -0.3 is 19.7 Å². The molecule has 1 aliphatic heterocycles. The topological polar surface area (TPSA) is 131 Å². The van der Waals surface area contributed by atoms with Crippen molar-refractivity contribution in [3.8, 4) is 0 Å². The number of aromatic amines is 1. The van der Waals surface area contributed by atoms with Crippen LogP contribution in [0.25, 0.3) is 0 Å². The van der Waals surface area contributed by atoms with Crippen molar-refractivity contribution < 1.29 is 28.9 Å². The molecular weight excluding hydrogens is 483 g/mol. The van der Waals surface area contributed by atoms with Gasteiger partial charge in [-0.2, -0.15) is 4.39 Å². The molecule has 2 rings (SSSR count). The highest BCUT2D eigenvalue weighted by atomic mass is 19.1. The number of hydrogen-bond acceptors (Lipinski definition) is 7. The highest BCUT2D eigenvalue weighted by Gasteiger charge is 2.44. The molecule has 4 atom stereocenters. The van der Waals surface area contributed by atoms with Crippen LogP contribution in [0.3, 0.4) is 0 Å². The molecule has 0 saturated carbocycles. The highest BCUT2D eigenvalue weighted by molar-refractivity contribution is 5.69. The number of carbonyl (C=O) groups is 1. The molecule has 0 aromatic carbocycles. The third-order valence-electron chi connectivity index (χ3n) is 6.59. The maximum atomic E-state index is 13.5. The molecule has 1 aromatic rings. The number of nitrogens with zero attached hydrogens (tertiary/aromatic N) is 1. The molecular formula is C27H43FN2O7. The second-order valence-electron chi connectivity index (χ2n) is 9.71. The molecule has 0 amide bonds. The predicted octanol–water partition coefficient (Wildman–Crippen LogP) is 3.88. The first-order valence-corrected chi connectivity index (χ1v) is 13.7. The number of esters is 1. The fourth-order valence-corrected chi connectivity index (χ4v) is 4.33. The van der Waals surface area contributed by atoms with E-state index in [0.717, 1.165) is 32.1 Å². The van der Waals surface area contributed by atoms with Gasteiger partial charge in [0.15, 0.2) is 6.23 Å². The molecule has 9 nitrogen and oxygen atoms in total. The van der Waals surface area contributed by atoms with Crippen LogP contribution in [-0.2, 0) is 14.3 Å². The van der Waals surface area contributed by atoms with Crippen molar-refractivity contribution in [3.63, 3.8) is 0 Å². The molecule has 1 aliphatic rings. The molecule has 210 valence electrons. The van der Waals surface area contributed by atoms with Crippen LogP contribution >= 0.6 is 0 Å². The van der Waals surface area contributed by atoms with Crippen molar-refractivity contribution in [1.29, 1.82) is 0 Å². The Morgan fingerprint density at radius 2 is 1.59 bits per heavy atom. The Kier molecular flexibility index (Phi) is 14.4. The molecule has 10 heteroatoms. The molecule has 0 radical (unpaired) electrons. The SMILES string of the molecule is CCCCCCCC/C=C\CCCCCCCC(=O)OC[C@H]1O[C@@H](n2cc(F)c(=O)[nH]c2=O)[C@H](O)[C@@H]1O. The molecule has 1 fully saturated rings. The lowest BCUT2D eigenvalue weighted by Crippen LogP contribution is -2.38. The largest absolute Gasteiger partial charge is 0.463 e. The molecule has 2 heterocycles. The number of nitrogens with one attached hydrogen (secondary N) is 1. The zero-order chi connectivity index (χ0) is 27.0. The standard InChI is InChI=1S/C27H43FN2O7/c1-2-3-4-5-6-7-8-9-10-11-12-13-14-15-16-17-22(31)36-19-21-23(32)24(33)26(37-21)30-18-20(28)25(34)29-27(30)35/h9-10,18,21,23-24,26,32-33H,2-8,11-17,19H2,1H3,(H,29,34,35)/b10-9-/t21-,23-,24-,26-/m1/s1. The van der Waals surface area contributed by atoms with Gasteiger partial charge in [-0.15, -0.1) is 0 Å². The van der Waals surface area contributed by atoms with Crippen molar-refractivity contribution in [3.05, 3.63) is 45.0 Å². The number of aliphatic hydroxyl groups is 2. The predicted molar refractivity (Wildman–Crippen MR) is 138 cm³/mol. The third-order valence-corrected chi connectivity index (χ3v) is 6.59. The Hall–Kier alpha value is -2.30. The minimum Gasteiger partial charge on any atom is -0.463 e. The van der Waals surface area contributed by atoms with Gasteiger partial charge in [0.1, 0.15) is 24.9 Å². The maximum absolute atomic E-state index is 13.5. The number of halogens is 1. The number of ether oxygens (including phenoxy) is 2. The lowest BCUT2D eigenvalue weighted by atomic mass is 10.1. The van der Waals surface area contributed by atoms with Gasteiger partial charge in [0, 0.05) is 6.42 Å². The molecule has 0 bridgehead atoms. The van der Waals surface area contributed by atoms with Crippen LogP contribution in [0.5, 0.6) is 0 Å². The van der Waals surface area contributed by atoms with Gasteiger partial charge >= 0.3 is 11.7 Å². The summed E-state index contributed by atoms with van der Waals surface area (Å²) in [7, 11) is 0. The number of unbranched alkanes of at least 4 members (excludes halogenated alkanes) is 11. The van der Waals surface area contributed by atoms with E-state index in [1.807, 2.05) is 0 Å². The lowest BCUT2D eigenvalue weighted by Gasteiger charge is -2.16. The summed E-state index contributed by atoms with van der Waals surface area (Å²) in [4.78, 5) is 36.9. The van der Waals surface area contributed by atoms with Crippen molar-refractivity contribution in [2.75, 3.05) is 6.61 Å². The molecule has 0 unspecified atom stereocenters. The van der Waals surface area contributed by atoms with Gasteiger partial charge in [-0.05, 0) is 32.1 Å². The average Bonchev–Trinajstić information content (AvgIpc) is 3.15. The summed E-state index contributed by atoms with van der Waals surface area (Å²) in [6.07, 6.45) is 14.9. The Bertz CT molecular complexity index is 945. The van der Waals surface area contributed by atoms with Crippen LogP contribution in [-0.4, -0.2) is 50.7 Å². The third kappa shape index (κ3) is 10.9. The van der Waals surface area contributed by atoms with Crippen LogP contribution in [0.2, 0.25) is 0 Å². The fraction of sp³-hybridized carbons (Fsp3) is 0.741. The number of carbonyl (C=O) groups excluding carboxylic acids is 1. The summed E-state index contributed by atoms with van der Waals surface area (Å²) in [5.41, 5.74) is -2.19. The first-order valence-electron chi connectivity index (χ1n) is 13.7. The number of H-pyrrole nitrogens is 1. The highest BCUT2D eigenvalue weighted by Crippen LogP contribution is 2.28. The first kappa shape index (κ1) is 30.9. The minimum atomic E-state index is -1.57. The summed E-state index contributed by atoms with van der Waals surface area (Å²) in [6.45, 7) is 1.91. The molecule has 3 N–H and O–H groups in total. The summed E-state index contributed by atoms with van der Waals surface area (Å²) < 4.78 is 24.8. The van der Waals surface area contributed by atoms with Gasteiger partial charge in [0.2, 0.25) is 5.82 Å². The molecule has 0 aliphatic carbocycles. The molecule has 1 saturated heterocycles. The lowest BCUT2D eigenvalue weighted by molar-refractivity contribution is -0.150. The monoisotopic (exact) mass is 526 g/mol.